The van der Waals surface area contributed by atoms with Gasteiger partial charge in [-0.1, -0.05) is 46.9 Å². The fourth-order valence-electron chi connectivity index (χ4n) is 3.18. The highest BCUT2D eigenvalue weighted by atomic mass is 32.1. The first-order chi connectivity index (χ1) is 12.8. The van der Waals surface area contributed by atoms with Crippen LogP contribution in [0.3, 0.4) is 0 Å². The molecule has 2 heterocycles. The van der Waals surface area contributed by atoms with Crippen LogP contribution in [0.2, 0.25) is 0 Å². The Hall–Kier alpha value is -3.07. The SMILES string of the molecule is N#Cc1cc(-[n+]2csc3ccccc32)cc(-[n+]2csc3ccccc32)c1. The van der Waals surface area contributed by atoms with Gasteiger partial charge in [0, 0.05) is 24.3 Å². The Kier molecular flexibility index (Phi) is 3.52. The van der Waals surface area contributed by atoms with E-state index < -0.39 is 0 Å². The maximum absolute atomic E-state index is 9.54. The van der Waals surface area contributed by atoms with Crippen LogP contribution in [0.5, 0.6) is 0 Å². The van der Waals surface area contributed by atoms with Crippen molar-refractivity contribution in [1.29, 1.82) is 5.26 Å². The summed E-state index contributed by atoms with van der Waals surface area (Å²) >= 11 is 3.41. The highest BCUT2D eigenvalue weighted by Gasteiger charge is 2.21. The zero-order valence-corrected chi connectivity index (χ0v) is 15.3. The van der Waals surface area contributed by atoms with Gasteiger partial charge in [0.15, 0.2) is 0 Å². The monoisotopic (exact) mass is 371 g/mol. The standard InChI is InChI=1S/C21H13N3S2/c22-12-15-9-16(23-13-25-20-7-3-1-5-18(20)23)11-17(10-15)24-14-26-21-8-4-2-6-19(21)24/h1-11,13-14H/q+2. The number of nitrogens with zero attached hydrogens (tertiary/aromatic N) is 3. The normalized spacial score (nSPS) is 11.0. The molecule has 0 spiro atoms. The Morgan fingerprint density at radius 2 is 1.19 bits per heavy atom. The summed E-state index contributed by atoms with van der Waals surface area (Å²) in [6.07, 6.45) is 0. The summed E-state index contributed by atoms with van der Waals surface area (Å²) in [4.78, 5) is 0. The average Bonchev–Trinajstić information content (AvgIpc) is 3.32. The topological polar surface area (TPSA) is 31.5 Å². The molecule has 5 rings (SSSR count). The van der Waals surface area contributed by atoms with Crippen molar-refractivity contribution < 1.29 is 9.13 Å². The molecule has 0 fully saturated rings. The number of fused-ring (bicyclic) bond motifs is 2. The van der Waals surface area contributed by atoms with Crippen molar-refractivity contribution in [1.82, 2.24) is 0 Å². The van der Waals surface area contributed by atoms with E-state index in [4.69, 9.17) is 0 Å². The van der Waals surface area contributed by atoms with E-state index in [0.717, 1.165) is 22.4 Å². The van der Waals surface area contributed by atoms with Crippen LogP contribution in [0.1, 0.15) is 5.56 Å². The minimum absolute atomic E-state index is 0.656. The highest BCUT2D eigenvalue weighted by molar-refractivity contribution is 7.16. The van der Waals surface area contributed by atoms with Crippen molar-refractivity contribution in [3.05, 3.63) is 83.3 Å². The molecule has 0 atom stereocenters. The van der Waals surface area contributed by atoms with E-state index in [1.54, 1.807) is 22.7 Å². The third kappa shape index (κ3) is 2.39. The van der Waals surface area contributed by atoms with Gasteiger partial charge in [-0.15, -0.1) is 9.13 Å². The Labute approximate surface area is 158 Å². The molecule has 26 heavy (non-hydrogen) atoms. The summed E-state index contributed by atoms with van der Waals surface area (Å²) in [6.45, 7) is 0. The quantitative estimate of drug-likeness (QED) is 0.419. The summed E-state index contributed by atoms with van der Waals surface area (Å²) in [5, 5.41) is 9.54. The molecule has 0 bridgehead atoms. The first-order valence-corrected chi connectivity index (χ1v) is 9.91. The van der Waals surface area contributed by atoms with Crippen LogP contribution in [0.4, 0.5) is 0 Å². The van der Waals surface area contributed by atoms with Crippen LogP contribution in [0, 0.1) is 11.3 Å². The zero-order chi connectivity index (χ0) is 17.5. The van der Waals surface area contributed by atoms with Gasteiger partial charge < -0.3 is 0 Å². The summed E-state index contributed by atoms with van der Waals surface area (Å²) in [7, 11) is 0. The zero-order valence-electron chi connectivity index (χ0n) is 13.7. The molecule has 3 aromatic carbocycles. The predicted molar refractivity (Wildman–Crippen MR) is 105 cm³/mol. The largest absolute Gasteiger partial charge is 0.231 e. The number of hydrogen-bond acceptors (Lipinski definition) is 3. The van der Waals surface area contributed by atoms with E-state index in [1.807, 2.05) is 36.4 Å². The molecule has 0 aliphatic carbocycles. The van der Waals surface area contributed by atoms with Gasteiger partial charge in [0.25, 0.3) is 0 Å². The fraction of sp³-hybridized carbons (Fsp3) is 0. The molecule has 0 aliphatic heterocycles. The lowest BCUT2D eigenvalue weighted by Crippen LogP contribution is -2.32. The lowest BCUT2D eigenvalue weighted by molar-refractivity contribution is -0.571. The van der Waals surface area contributed by atoms with Crippen molar-refractivity contribution in [2.24, 2.45) is 0 Å². The van der Waals surface area contributed by atoms with E-state index in [0.29, 0.717) is 5.56 Å². The van der Waals surface area contributed by atoms with Crippen LogP contribution in [0.15, 0.2) is 77.8 Å². The van der Waals surface area contributed by atoms with Gasteiger partial charge in [0.1, 0.15) is 9.40 Å². The molecule has 122 valence electrons. The molecule has 0 saturated carbocycles. The molecular formula is C21H13N3S2+2. The van der Waals surface area contributed by atoms with Gasteiger partial charge in [0.05, 0.1) is 17.7 Å². The Morgan fingerprint density at radius 3 is 1.69 bits per heavy atom. The molecule has 5 aromatic rings. The van der Waals surface area contributed by atoms with E-state index >= 15 is 0 Å². The second-order valence-corrected chi connectivity index (χ2v) is 7.74. The number of thiazole rings is 2. The summed E-state index contributed by atoms with van der Waals surface area (Å²) in [5.74, 6) is 0. The minimum Gasteiger partial charge on any atom is -0.192 e. The third-order valence-electron chi connectivity index (χ3n) is 4.41. The first-order valence-electron chi connectivity index (χ1n) is 8.15. The maximum Gasteiger partial charge on any atom is 0.231 e. The van der Waals surface area contributed by atoms with Gasteiger partial charge in [-0.05, 0) is 12.1 Å². The van der Waals surface area contributed by atoms with Crippen LogP contribution < -0.4 is 9.13 Å². The molecule has 0 aliphatic rings. The van der Waals surface area contributed by atoms with Crippen LogP contribution in [-0.2, 0) is 0 Å². The lowest BCUT2D eigenvalue weighted by Gasteiger charge is -1.98. The summed E-state index contributed by atoms with van der Waals surface area (Å²) < 4.78 is 6.76. The molecular weight excluding hydrogens is 358 g/mol. The van der Waals surface area contributed by atoms with E-state index in [2.05, 4.69) is 56.6 Å². The first kappa shape index (κ1) is 15.2. The number of aromatic nitrogens is 2. The molecule has 0 saturated heterocycles. The van der Waals surface area contributed by atoms with E-state index in [9.17, 15) is 5.26 Å². The van der Waals surface area contributed by atoms with Crippen LogP contribution in [0.25, 0.3) is 31.8 Å². The Balaban J connectivity index is 1.76. The van der Waals surface area contributed by atoms with Crippen molar-refractivity contribution in [2.75, 3.05) is 0 Å². The molecule has 0 amide bonds. The van der Waals surface area contributed by atoms with Crippen molar-refractivity contribution in [3.63, 3.8) is 0 Å². The fourth-order valence-corrected chi connectivity index (χ4v) is 4.98. The summed E-state index contributed by atoms with van der Waals surface area (Å²) in [6, 6.07) is 25.0. The number of para-hydroxylation sites is 2. The Bertz CT molecular complexity index is 1220. The molecule has 0 N–H and O–H groups in total. The van der Waals surface area contributed by atoms with Gasteiger partial charge in [-0.2, -0.15) is 5.26 Å². The molecule has 3 nitrogen and oxygen atoms in total. The van der Waals surface area contributed by atoms with Crippen LogP contribution >= 0.6 is 22.7 Å². The average molecular weight is 371 g/mol. The van der Waals surface area contributed by atoms with Gasteiger partial charge in [-0.3, -0.25) is 0 Å². The third-order valence-corrected chi connectivity index (χ3v) is 6.24. The predicted octanol–water partition coefficient (Wildman–Crippen LogP) is 4.54. The molecule has 0 unspecified atom stereocenters. The van der Waals surface area contributed by atoms with Gasteiger partial charge in [0.2, 0.25) is 33.4 Å². The highest BCUT2D eigenvalue weighted by Crippen LogP contribution is 2.21. The van der Waals surface area contributed by atoms with E-state index in [1.165, 1.54) is 9.40 Å². The minimum atomic E-state index is 0.656. The van der Waals surface area contributed by atoms with Crippen LogP contribution in [-0.4, -0.2) is 0 Å². The smallest absolute Gasteiger partial charge is 0.192 e. The number of hydrogen-bond donors (Lipinski definition) is 0. The molecule has 5 heteroatoms. The molecule has 2 aromatic heterocycles. The summed E-state index contributed by atoms with van der Waals surface area (Å²) in [5.41, 5.74) is 9.15. The van der Waals surface area contributed by atoms with E-state index in [-0.39, 0.29) is 0 Å². The maximum atomic E-state index is 9.54. The van der Waals surface area contributed by atoms with Gasteiger partial charge >= 0.3 is 0 Å². The van der Waals surface area contributed by atoms with Gasteiger partial charge in [-0.25, -0.2) is 0 Å². The second kappa shape index (κ2) is 6.03. The number of rotatable bonds is 2. The van der Waals surface area contributed by atoms with Crippen molar-refractivity contribution in [2.45, 2.75) is 0 Å². The lowest BCUT2D eigenvalue weighted by atomic mass is 10.1. The number of benzene rings is 3. The van der Waals surface area contributed by atoms with Crippen molar-refractivity contribution in [3.8, 4) is 17.4 Å². The molecule has 0 radical (unpaired) electrons. The number of nitriles is 1. The van der Waals surface area contributed by atoms with Crippen molar-refractivity contribution >= 4 is 43.1 Å². The Morgan fingerprint density at radius 1 is 0.692 bits per heavy atom. The second-order valence-electron chi connectivity index (χ2n) is 5.97.